The van der Waals surface area contributed by atoms with Crippen LogP contribution in [0.5, 0.6) is 0 Å². The number of hydrogen-bond acceptors (Lipinski definition) is 1. The molecular formula is C12H23N. The number of hydrogen-bond donors (Lipinski definition) is 0. The summed E-state index contributed by atoms with van der Waals surface area (Å²) in [6, 6.07) is 0. The summed E-state index contributed by atoms with van der Waals surface area (Å²) in [5.74, 6) is 2.94. The zero-order valence-electron chi connectivity index (χ0n) is 9.13. The lowest BCUT2D eigenvalue weighted by Gasteiger charge is -2.34. The van der Waals surface area contributed by atoms with Gasteiger partial charge in [0.2, 0.25) is 0 Å². The molecule has 76 valence electrons. The number of nitrogens with zero attached hydrogens (tertiary/aromatic N) is 1. The maximum Gasteiger partial charge on any atom is 0.00122 e. The van der Waals surface area contributed by atoms with Gasteiger partial charge in [-0.25, -0.2) is 0 Å². The van der Waals surface area contributed by atoms with Crippen LogP contribution >= 0.6 is 0 Å². The van der Waals surface area contributed by atoms with E-state index in [2.05, 4.69) is 18.7 Å². The normalized spacial score (nSPS) is 31.2. The van der Waals surface area contributed by atoms with Gasteiger partial charge in [0.25, 0.3) is 0 Å². The Labute approximate surface area is 82.5 Å². The van der Waals surface area contributed by atoms with Gasteiger partial charge in [-0.2, -0.15) is 0 Å². The van der Waals surface area contributed by atoms with Crippen LogP contribution in [-0.2, 0) is 0 Å². The molecule has 0 N–H and O–H groups in total. The number of piperidine rings is 1. The van der Waals surface area contributed by atoms with Crippen molar-refractivity contribution in [3.63, 3.8) is 0 Å². The lowest BCUT2D eigenvalue weighted by Crippen LogP contribution is -2.38. The van der Waals surface area contributed by atoms with Gasteiger partial charge in [0, 0.05) is 13.1 Å². The minimum Gasteiger partial charge on any atom is -0.303 e. The van der Waals surface area contributed by atoms with Gasteiger partial charge >= 0.3 is 0 Å². The van der Waals surface area contributed by atoms with Crippen molar-refractivity contribution in [3.05, 3.63) is 0 Å². The molecule has 1 nitrogen and oxygen atoms in total. The van der Waals surface area contributed by atoms with Gasteiger partial charge in [-0.1, -0.05) is 13.8 Å². The molecule has 2 fully saturated rings. The lowest BCUT2D eigenvalue weighted by atomic mass is 9.88. The molecule has 0 unspecified atom stereocenters. The summed E-state index contributed by atoms with van der Waals surface area (Å²) in [6.07, 6.45) is 5.92. The molecule has 2 aliphatic rings. The van der Waals surface area contributed by atoms with Crippen molar-refractivity contribution in [3.8, 4) is 0 Å². The van der Waals surface area contributed by atoms with Crippen LogP contribution in [0.1, 0.15) is 39.5 Å². The zero-order valence-corrected chi connectivity index (χ0v) is 9.13. The maximum absolute atomic E-state index is 2.71. The summed E-state index contributed by atoms with van der Waals surface area (Å²) in [5, 5.41) is 0. The largest absolute Gasteiger partial charge is 0.303 e. The highest BCUT2D eigenvalue weighted by Gasteiger charge is 2.28. The Morgan fingerprint density at radius 1 is 1.23 bits per heavy atom. The number of likely N-dealkylation sites (tertiary alicyclic amines) is 1. The van der Waals surface area contributed by atoms with Crippen molar-refractivity contribution in [2.24, 2.45) is 17.8 Å². The van der Waals surface area contributed by atoms with Gasteiger partial charge in [-0.05, 0) is 50.0 Å². The minimum atomic E-state index is 0.891. The molecule has 13 heavy (non-hydrogen) atoms. The minimum absolute atomic E-state index is 0.891. The topological polar surface area (TPSA) is 3.24 Å². The summed E-state index contributed by atoms with van der Waals surface area (Å²) < 4.78 is 0. The fourth-order valence-electron chi connectivity index (χ4n) is 2.47. The molecule has 0 amide bonds. The van der Waals surface area contributed by atoms with Crippen LogP contribution in [0, 0.1) is 17.8 Å². The fraction of sp³-hybridized carbons (Fsp3) is 1.00. The molecule has 1 heteroatoms. The standard InChI is InChI=1S/C12H23N/c1-10(2)12-4-3-7-13(9-12)8-11-5-6-11/h10-12H,3-9H2,1-2H3/t12-/m1/s1. The highest BCUT2D eigenvalue weighted by Crippen LogP contribution is 2.32. The van der Waals surface area contributed by atoms with Crippen LogP contribution in [0.25, 0.3) is 0 Å². The van der Waals surface area contributed by atoms with E-state index in [-0.39, 0.29) is 0 Å². The van der Waals surface area contributed by atoms with Crippen LogP contribution in [0.3, 0.4) is 0 Å². The molecular weight excluding hydrogens is 158 g/mol. The number of rotatable bonds is 3. The molecule has 1 saturated carbocycles. The summed E-state index contributed by atoms with van der Waals surface area (Å²) in [7, 11) is 0. The second-order valence-corrected chi connectivity index (χ2v) is 5.35. The summed E-state index contributed by atoms with van der Waals surface area (Å²) >= 11 is 0. The third-order valence-corrected chi connectivity index (χ3v) is 3.70. The van der Waals surface area contributed by atoms with Crippen LogP contribution in [0.4, 0.5) is 0 Å². The Morgan fingerprint density at radius 3 is 2.62 bits per heavy atom. The van der Waals surface area contributed by atoms with E-state index in [4.69, 9.17) is 0 Å². The first-order chi connectivity index (χ1) is 6.25. The quantitative estimate of drug-likeness (QED) is 0.647. The molecule has 1 saturated heterocycles. The summed E-state index contributed by atoms with van der Waals surface area (Å²) in [5.41, 5.74) is 0. The van der Waals surface area contributed by atoms with E-state index in [1.807, 2.05) is 0 Å². The van der Waals surface area contributed by atoms with Crippen LogP contribution in [0.15, 0.2) is 0 Å². The molecule has 1 heterocycles. The van der Waals surface area contributed by atoms with E-state index in [1.165, 1.54) is 45.3 Å². The van der Waals surface area contributed by atoms with Gasteiger partial charge in [0.15, 0.2) is 0 Å². The first-order valence-electron chi connectivity index (χ1n) is 5.98. The molecule has 1 aliphatic heterocycles. The Morgan fingerprint density at radius 2 is 2.00 bits per heavy atom. The molecule has 2 rings (SSSR count). The van der Waals surface area contributed by atoms with Crippen LogP contribution in [0.2, 0.25) is 0 Å². The van der Waals surface area contributed by atoms with E-state index in [0.29, 0.717) is 0 Å². The van der Waals surface area contributed by atoms with E-state index in [9.17, 15) is 0 Å². The highest BCUT2D eigenvalue weighted by molar-refractivity contribution is 4.81. The van der Waals surface area contributed by atoms with E-state index in [1.54, 1.807) is 0 Å². The molecule has 0 bridgehead atoms. The van der Waals surface area contributed by atoms with Crippen molar-refractivity contribution in [2.75, 3.05) is 19.6 Å². The first kappa shape index (κ1) is 9.51. The maximum atomic E-state index is 2.71. The van der Waals surface area contributed by atoms with E-state index in [0.717, 1.165) is 17.8 Å². The second-order valence-electron chi connectivity index (χ2n) is 5.35. The Bertz CT molecular complexity index is 161. The predicted molar refractivity (Wildman–Crippen MR) is 56.7 cm³/mol. The Balaban J connectivity index is 1.77. The highest BCUT2D eigenvalue weighted by atomic mass is 15.1. The van der Waals surface area contributed by atoms with Crippen LogP contribution < -0.4 is 0 Å². The fourth-order valence-corrected chi connectivity index (χ4v) is 2.47. The average Bonchev–Trinajstić information content (AvgIpc) is 2.89. The molecule has 0 radical (unpaired) electrons. The van der Waals surface area contributed by atoms with Crippen molar-refractivity contribution < 1.29 is 0 Å². The molecule has 0 aromatic carbocycles. The van der Waals surface area contributed by atoms with Gasteiger partial charge < -0.3 is 4.90 Å². The lowest BCUT2D eigenvalue weighted by molar-refractivity contribution is 0.140. The average molecular weight is 181 g/mol. The Hall–Kier alpha value is -0.0400. The van der Waals surface area contributed by atoms with Gasteiger partial charge in [0.05, 0.1) is 0 Å². The SMILES string of the molecule is CC(C)[C@@H]1CCCN(CC2CC2)C1. The molecule has 0 spiro atoms. The first-order valence-corrected chi connectivity index (χ1v) is 5.98. The monoisotopic (exact) mass is 181 g/mol. The zero-order chi connectivity index (χ0) is 9.26. The van der Waals surface area contributed by atoms with E-state index < -0.39 is 0 Å². The molecule has 1 atom stereocenters. The van der Waals surface area contributed by atoms with Gasteiger partial charge in [-0.15, -0.1) is 0 Å². The second kappa shape index (κ2) is 4.00. The van der Waals surface area contributed by atoms with Gasteiger partial charge in [-0.3, -0.25) is 0 Å². The molecule has 0 aromatic heterocycles. The van der Waals surface area contributed by atoms with Crippen molar-refractivity contribution in [2.45, 2.75) is 39.5 Å². The third-order valence-electron chi connectivity index (χ3n) is 3.70. The van der Waals surface area contributed by atoms with Crippen molar-refractivity contribution in [1.82, 2.24) is 4.90 Å². The summed E-state index contributed by atoms with van der Waals surface area (Å²) in [4.78, 5) is 2.71. The predicted octanol–water partition coefficient (Wildman–Crippen LogP) is 2.76. The van der Waals surface area contributed by atoms with Gasteiger partial charge in [0.1, 0.15) is 0 Å². The van der Waals surface area contributed by atoms with Crippen molar-refractivity contribution in [1.29, 1.82) is 0 Å². The Kier molecular flexibility index (Phi) is 2.92. The summed E-state index contributed by atoms with van der Waals surface area (Å²) in [6.45, 7) is 8.92. The molecule has 1 aliphatic carbocycles. The smallest absolute Gasteiger partial charge is 0.00122 e. The van der Waals surface area contributed by atoms with E-state index >= 15 is 0 Å². The van der Waals surface area contributed by atoms with Crippen molar-refractivity contribution >= 4 is 0 Å². The molecule has 0 aromatic rings. The van der Waals surface area contributed by atoms with Crippen LogP contribution in [-0.4, -0.2) is 24.5 Å². The third kappa shape index (κ3) is 2.70.